The number of aromatic nitrogens is 12. The summed E-state index contributed by atoms with van der Waals surface area (Å²) in [5.41, 5.74) is 17.3. The van der Waals surface area contributed by atoms with E-state index >= 15 is 0 Å². The molecule has 0 saturated carbocycles. The second kappa shape index (κ2) is 27.4. The van der Waals surface area contributed by atoms with Crippen molar-refractivity contribution in [2.45, 2.75) is 46.2 Å². The Kier molecular flexibility index (Phi) is 20.0. The maximum Gasteiger partial charge on any atom is 0.417 e. The van der Waals surface area contributed by atoms with Crippen LogP contribution in [0.2, 0.25) is 0 Å². The number of nitrogens with two attached hydrogens (primary N) is 1. The number of nitrogens with zero attached hydrogens (tertiary/aromatic N) is 13. The lowest BCUT2D eigenvalue weighted by atomic mass is 10.1. The van der Waals surface area contributed by atoms with Gasteiger partial charge < -0.3 is 57.9 Å². The third-order valence-corrected chi connectivity index (χ3v) is 12.1. The number of H-pyrrole nitrogens is 1. The molecule has 0 spiro atoms. The van der Waals surface area contributed by atoms with Crippen LogP contribution in [0.3, 0.4) is 0 Å². The van der Waals surface area contributed by atoms with Crippen molar-refractivity contribution in [3.8, 4) is 23.1 Å². The highest BCUT2D eigenvalue weighted by molar-refractivity contribution is 5.97. The molecule has 1 unspecified atom stereocenters. The minimum atomic E-state index is -4.50. The number of ether oxygens (including phenoxy) is 4. The van der Waals surface area contributed by atoms with Crippen molar-refractivity contribution in [2.75, 3.05) is 41.7 Å². The summed E-state index contributed by atoms with van der Waals surface area (Å²) in [5, 5.41) is 13.5. The number of hydroxylamine groups is 1. The fourth-order valence-corrected chi connectivity index (χ4v) is 8.10. The highest BCUT2D eigenvalue weighted by Crippen LogP contribution is 2.35. The molecule has 0 aliphatic carbocycles. The summed E-state index contributed by atoms with van der Waals surface area (Å²) in [4.78, 5) is 56.5. The maximum absolute atomic E-state index is 13.3. The van der Waals surface area contributed by atoms with E-state index in [1.807, 2.05) is 92.3 Å². The molecule has 5 N–H and O–H groups in total. The number of nitrogens with one attached hydrogen (secondary N) is 2. The minimum absolute atomic E-state index is 0.108. The number of rotatable bonds is 12. The molecule has 0 aromatic carbocycles. The first-order chi connectivity index (χ1) is 39.4. The zero-order valence-corrected chi connectivity index (χ0v) is 46.4. The number of fused-ring (bicyclic) bond motifs is 3. The predicted molar refractivity (Wildman–Crippen MR) is 299 cm³/mol. The number of pyridine rings is 5. The SMILES string of the molecule is COc1nc(/C(N)=N/OCC(OC)OC)ccc1-n1cnc(C)c1.COc1nc(C2=NC(c3cn(C)c4ncc(C(F)(F)F)cc34)CON2)ccc1-n1cnc(C)c1.Cc1cnc2[nH]ccc2c1.Cc1cnc2c(ccn2C)c1.O=CO. The molecule has 1 atom stereocenters. The minimum Gasteiger partial charge on any atom is -0.483 e. The highest BCUT2D eigenvalue weighted by Gasteiger charge is 2.33. The van der Waals surface area contributed by atoms with E-state index in [2.05, 4.69) is 80.6 Å². The summed E-state index contributed by atoms with van der Waals surface area (Å²) >= 11 is 0. The van der Waals surface area contributed by atoms with Gasteiger partial charge in [0.05, 0.1) is 43.8 Å². The molecule has 11 heterocycles. The first-order valence-electron chi connectivity index (χ1n) is 24.8. The van der Waals surface area contributed by atoms with E-state index in [-0.39, 0.29) is 25.5 Å². The maximum atomic E-state index is 13.3. The van der Waals surface area contributed by atoms with Crippen LogP contribution < -0.4 is 20.7 Å². The van der Waals surface area contributed by atoms with Gasteiger partial charge in [-0.2, -0.15) is 13.2 Å². The van der Waals surface area contributed by atoms with Gasteiger partial charge in [0.2, 0.25) is 11.8 Å². The molecular weight excluding hydrogens is 1070 g/mol. The summed E-state index contributed by atoms with van der Waals surface area (Å²) in [6.07, 6.45) is 12.3. The fourth-order valence-electron chi connectivity index (χ4n) is 8.10. The summed E-state index contributed by atoms with van der Waals surface area (Å²) < 4.78 is 67.9. The van der Waals surface area contributed by atoms with Crippen molar-refractivity contribution in [3.63, 3.8) is 0 Å². The number of alkyl halides is 3. The van der Waals surface area contributed by atoms with E-state index in [0.717, 1.165) is 40.6 Å². The number of carboxylic acid groups (broad SMARTS) is 1. The van der Waals surface area contributed by atoms with Crippen LogP contribution in [0.15, 0.2) is 127 Å². The van der Waals surface area contributed by atoms with Gasteiger partial charge in [0.1, 0.15) is 52.4 Å². The van der Waals surface area contributed by atoms with Crippen molar-refractivity contribution >= 4 is 51.2 Å². The number of hydrogen-bond donors (Lipinski definition) is 4. The monoisotopic (exact) mass is 1130 g/mol. The third-order valence-electron chi connectivity index (χ3n) is 12.1. The molecule has 0 radical (unpaired) electrons. The van der Waals surface area contributed by atoms with Crippen LogP contribution in [0, 0.1) is 27.7 Å². The van der Waals surface area contributed by atoms with Crippen LogP contribution in [0.25, 0.3) is 44.5 Å². The second-order valence-electron chi connectivity index (χ2n) is 18.0. The number of aryl methyl sites for hydroxylation is 6. The van der Waals surface area contributed by atoms with Gasteiger partial charge in [0.25, 0.3) is 6.47 Å². The highest BCUT2D eigenvalue weighted by atomic mass is 19.4. The van der Waals surface area contributed by atoms with E-state index in [9.17, 15) is 13.2 Å². The van der Waals surface area contributed by atoms with E-state index < -0.39 is 24.1 Å². The van der Waals surface area contributed by atoms with Crippen LogP contribution >= 0.6 is 0 Å². The first kappa shape index (κ1) is 59.9. The number of imidazole rings is 2. The van der Waals surface area contributed by atoms with Crippen molar-refractivity contribution in [1.82, 2.24) is 63.6 Å². The summed E-state index contributed by atoms with van der Waals surface area (Å²) in [6.45, 7) is 7.86. The number of methoxy groups -OCH3 is 4. The van der Waals surface area contributed by atoms with Gasteiger partial charge in [0.15, 0.2) is 24.6 Å². The number of aliphatic imine (C=N–C) groups is 1. The van der Waals surface area contributed by atoms with Crippen molar-refractivity contribution in [1.29, 1.82) is 0 Å². The molecule has 24 nitrogen and oxygen atoms in total. The second-order valence-corrected chi connectivity index (χ2v) is 18.0. The Morgan fingerprint density at radius 1 is 0.805 bits per heavy atom. The molecule has 430 valence electrons. The quantitative estimate of drug-likeness (QED) is 0.0298. The standard InChI is InChI=1S/C22H20F3N7O2.C15H21N5O4.C9H10N2.C8H8N2.CH2O2/c1-12-8-32(11-27-12)18-5-4-16(29-21(18)33-3)19-28-17(10-34-30-19)15-9-31(2)20-14(15)6-13(7-26-20)22(23,24)25;1-10-7-20(9-17-10)12-6-5-11(18-15(12)23-4)14(16)19-24-8-13(21-2)22-3;1-7-5-8-3-4-11(2)9(8)10-6-7;1-6-4-7-2-3-9-8(7)10-5-6;2-1-3/h4-9,11,17H,10H2,1-3H3,(H,28,30);5-7,9,13H,8H2,1-4H3,(H2,16,19);3-6H,1-2H3;2-5H,1H3,(H,9,10);1H,(H,2,3). The van der Waals surface area contributed by atoms with Gasteiger partial charge in [-0.25, -0.2) is 40.4 Å². The number of oxime groups is 1. The van der Waals surface area contributed by atoms with Crippen LogP contribution in [-0.4, -0.2) is 129 Å². The Labute approximate surface area is 468 Å². The Morgan fingerprint density at radius 2 is 1.43 bits per heavy atom. The lowest BCUT2D eigenvalue weighted by Gasteiger charge is -2.22. The number of halogens is 3. The van der Waals surface area contributed by atoms with Crippen molar-refractivity contribution in [3.05, 3.63) is 162 Å². The Morgan fingerprint density at radius 3 is 2.05 bits per heavy atom. The molecule has 27 heteroatoms. The Bertz CT molecular complexity index is 3810. The molecule has 0 amide bonds. The smallest absolute Gasteiger partial charge is 0.417 e. The number of hydrogen-bond acceptors (Lipinski definition) is 17. The predicted octanol–water partition coefficient (Wildman–Crippen LogP) is 7.81. The van der Waals surface area contributed by atoms with Gasteiger partial charge in [-0.15, -0.1) is 0 Å². The molecule has 10 aromatic heterocycles. The Hall–Kier alpha value is -9.73. The van der Waals surface area contributed by atoms with Crippen LogP contribution in [-0.2, 0) is 44.2 Å². The van der Waals surface area contributed by atoms with Crippen molar-refractivity contribution in [2.24, 2.45) is 30.0 Å². The topological polar surface area (TPSA) is 281 Å². The van der Waals surface area contributed by atoms with Gasteiger partial charge in [-0.3, -0.25) is 14.6 Å². The molecule has 1 aliphatic rings. The molecular formula is C55H61F3N16O8. The molecule has 0 saturated heterocycles. The molecule has 1 aliphatic heterocycles. The van der Waals surface area contributed by atoms with E-state index in [4.69, 9.17) is 44.3 Å². The summed E-state index contributed by atoms with van der Waals surface area (Å²) in [6, 6.07) is 16.0. The van der Waals surface area contributed by atoms with E-state index in [1.165, 1.54) is 50.3 Å². The largest absolute Gasteiger partial charge is 0.483 e. The Balaban J connectivity index is 0.000000173. The normalized spacial score (nSPS) is 13.1. The number of carbonyl (C=O) groups is 1. The average molecular weight is 1130 g/mol. The van der Waals surface area contributed by atoms with E-state index in [0.29, 0.717) is 51.3 Å². The number of aromatic amines is 1. The zero-order valence-electron chi connectivity index (χ0n) is 46.4. The zero-order chi connectivity index (χ0) is 59.1. The molecule has 11 rings (SSSR count). The third kappa shape index (κ3) is 14.9. The average Bonchev–Trinajstić information content (AvgIpc) is 4.39. The summed E-state index contributed by atoms with van der Waals surface area (Å²) in [5.74, 6) is 1.20. The molecule has 10 aromatic rings. The van der Waals surface area contributed by atoms with Crippen molar-refractivity contribution < 1.29 is 51.7 Å². The fraction of sp³-hybridized carbons (Fsp3) is 0.273. The molecule has 82 heavy (non-hydrogen) atoms. The molecule has 0 bridgehead atoms. The first-order valence-corrected chi connectivity index (χ1v) is 24.8. The van der Waals surface area contributed by atoms with E-state index in [1.54, 1.807) is 47.2 Å². The van der Waals surface area contributed by atoms with Gasteiger partial charge in [-0.05, 0) is 93.4 Å². The van der Waals surface area contributed by atoms with Crippen LogP contribution in [0.5, 0.6) is 11.8 Å². The van der Waals surface area contributed by atoms with Crippen LogP contribution in [0.1, 0.15) is 51.1 Å². The summed E-state index contributed by atoms with van der Waals surface area (Å²) in [7, 11) is 9.79. The van der Waals surface area contributed by atoms with Gasteiger partial charge >= 0.3 is 6.18 Å². The lowest BCUT2D eigenvalue weighted by Crippen LogP contribution is -2.33. The van der Waals surface area contributed by atoms with Crippen LogP contribution in [0.4, 0.5) is 13.2 Å². The molecule has 0 fully saturated rings. The number of amidine groups is 2. The van der Waals surface area contributed by atoms with Gasteiger partial charge in [-0.1, -0.05) is 5.16 Å². The lowest BCUT2D eigenvalue weighted by molar-refractivity contribution is -0.140. The van der Waals surface area contributed by atoms with Gasteiger partial charge in [0, 0.05) is 99.6 Å².